The van der Waals surface area contributed by atoms with Gasteiger partial charge in [-0.2, -0.15) is 0 Å². The van der Waals surface area contributed by atoms with Crippen molar-refractivity contribution in [3.8, 4) is 11.5 Å². The summed E-state index contributed by atoms with van der Waals surface area (Å²) in [5, 5.41) is 14.9. The molecule has 0 unspecified atom stereocenters. The molecule has 0 aromatic heterocycles. The first-order valence-electron chi connectivity index (χ1n) is 14.9. The summed E-state index contributed by atoms with van der Waals surface area (Å²) in [5.41, 5.74) is 0.867. The number of hydrogen-bond acceptors (Lipinski definition) is 7. The van der Waals surface area contributed by atoms with E-state index in [1.807, 2.05) is 49.4 Å². The molecule has 0 aliphatic carbocycles. The minimum absolute atomic E-state index is 0.00615. The lowest BCUT2D eigenvalue weighted by molar-refractivity contribution is 0.0373. The first kappa shape index (κ1) is 32.6. The number of methoxy groups -OCH3 is 1. The van der Waals surface area contributed by atoms with Crippen molar-refractivity contribution < 1.29 is 32.6 Å². The third-order valence-corrected chi connectivity index (χ3v) is 9.52. The summed E-state index contributed by atoms with van der Waals surface area (Å²) in [5.74, 6) is -0.181. The van der Waals surface area contributed by atoms with Crippen molar-refractivity contribution in [2.45, 2.75) is 30.9 Å². The molecular formula is C34H38N4O7S. The van der Waals surface area contributed by atoms with Gasteiger partial charge < -0.3 is 29.7 Å². The number of hydrogen-bond donors (Lipinski definition) is 3. The van der Waals surface area contributed by atoms with Gasteiger partial charge in [0, 0.05) is 24.9 Å². The molecule has 4 aromatic carbocycles. The molecule has 242 valence electrons. The van der Waals surface area contributed by atoms with Crippen LogP contribution < -0.4 is 19.5 Å². The molecule has 12 heteroatoms. The van der Waals surface area contributed by atoms with Gasteiger partial charge in [0.05, 0.1) is 48.1 Å². The number of urea groups is 1. The van der Waals surface area contributed by atoms with Crippen molar-refractivity contribution in [1.82, 2.24) is 9.80 Å². The van der Waals surface area contributed by atoms with Gasteiger partial charge in [-0.15, -0.1) is 0 Å². The number of anilines is 2. The Morgan fingerprint density at radius 3 is 2.43 bits per heavy atom. The number of amides is 3. The predicted molar refractivity (Wildman–Crippen MR) is 177 cm³/mol. The Kier molecular flexibility index (Phi) is 9.68. The van der Waals surface area contributed by atoms with E-state index in [0.717, 1.165) is 10.8 Å². The average Bonchev–Trinajstić information content (AvgIpc) is 3.06. The molecule has 3 N–H and O–H groups in total. The van der Waals surface area contributed by atoms with Crippen LogP contribution in [0.4, 0.5) is 16.2 Å². The maximum atomic E-state index is 13.8. The van der Waals surface area contributed by atoms with Crippen LogP contribution in [-0.4, -0.2) is 81.3 Å². The molecule has 4 aromatic rings. The Labute approximate surface area is 268 Å². The summed E-state index contributed by atoms with van der Waals surface area (Å²) in [6.07, 6.45) is -0.657. The Hall–Kier alpha value is -4.81. The molecule has 1 aliphatic heterocycles. The van der Waals surface area contributed by atoms with E-state index in [4.69, 9.17) is 9.47 Å². The van der Waals surface area contributed by atoms with Gasteiger partial charge in [-0.05, 0) is 54.8 Å². The van der Waals surface area contributed by atoms with Gasteiger partial charge in [0.15, 0.2) is 5.75 Å². The summed E-state index contributed by atoms with van der Waals surface area (Å²) in [6, 6.07) is 23.1. The van der Waals surface area contributed by atoms with Gasteiger partial charge >= 0.3 is 6.03 Å². The molecule has 46 heavy (non-hydrogen) atoms. The van der Waals surface area contributed by atoms with Crippen molar-refractivity contribution in [2.75, 3.05) is 43.9 Å². The highest BCUT2D eigenvalue weighted by Gasteiger charge is 2.35. The molecule has 5 rings (SSSR count). The van der Waals surface area contributed by atoms with Crippen molar-refractivity contribution in [3.63, 3.8) is 0 Å². The number of para-hydroxylation sites is 1. The number of aliphatic hydroxyl groups is 1. The normalized spacial score (nSPS) is 17.2. The molecule has 0 spiro atoms. The third kappa shape index (κ3) is 6.87. The van der Waals surface area contributed by atoms with Crippen LogP contribution >= 0.6 is 0 Å². The lowest BCUT2D eigenvalue weighted by Crippen LogP contribution is -2.50. The molecule has 3 amide bonds. The average molecular weight is 647 g/mol. The van der Waals surface area contributed by atoms with E-state index in [1.165, 1.54) is 42.3 Å². The molecule has 0 saturated carbocycles. The molecule has 0 bridgehead atoms. The lowest BCUT2D eigenvalue weighted by Gasteiger charge is -2.38. The second-order valence-electron chi connectivity index (χ2n) is 11.4. The summed E-state index contributed by atoms with van der Waals surface area (Å²) in [7, 11) is -0.956. The first-order valence-corrected chi connectivity index (χ1v) is 16.4. The Bertz CT molecular complexity index is 1830. The van der Waals surface area contributed by atoms with Gasteiger partial charge in [-0.1, -0.05) is 49.4 Å². The number of aliphatic hydroxyl groups excluding tert-OH is 1. The molecule has 0 radical (unpaired) electrons. The molecular weight excluding hydrogens is 608 g/mol. The number of likely N-dealkylation sites (N-methyl/N-ethyl adjacent to an activating group) is 1. The van der Waals surface area contributed by atoms with Crippen molar-refractivity contribution >= 4 is 44.1 Å². The van der Waals surface area contributed by atoms with E-state index in [-0.39, 0.29) is 53.5 Å². The number of benzene rings is 4. The van der Waals surface area contributed by atoms with Gasteiger partial charge in [0.25, 0.3) is 15.9 Å². The number of ether oxygens (including phenoxy) is 2. The first-order chi connectivity index (χ1) is 22.0. The maximum absolute atomic E-state index is 13.8. The van der Waals surface area contributed by atoms with Crippen LogP contribution in [0.5, 0.6) is 11.5 Å². The summed E-state index contributed by atoms with van der Waals surface area (Å²) in [4.78, 5) is 30.3. The summed E-state index contributed by atoms with van der Waals surface area (Å²) in [6.45, 7) is 3.72. The van der Waals surface area contributed by atoms with Gasteiger partial charge in [0.1, 0.15) is 11.9 Å². The second kappa shape index (κ2) is 13.7. The summed E-state index contributed by atoms with van der Waals surface area (Å²) >= 11 is 0. The topological polar surface area (TPSA) is 138 Å². The van der Waals surface area contributed by atoms with E-state index in [0.29, 0.717) is 11.4 Å². The number of carbonyl (C=O) groups excluding carboxylic acids is 2. The maximum Gasteiger partial charge on any atom is 0.321 e. The minimum Gasteiger partial charge on any atom is -0.497 e. The van der Waals surface area contributed by atoms with Crippen molar-refractivity contribution in [1.29, 1.82) is 0 Å². The Morgan fingerprint density at radius 1 is 1.04 bits per heavy atom. The Balaban J connectivity index is 1.46. The third-order valence-electron chi connectivity index (χ3n) is 8.14. The Morgan fingerprint density at radius 2 is 1.72 bits per heavy atom. The molecule has 0 fully saturated rings. The largest absolute Gasteiger partial charge is 0.497 e. The van der Waals surface area contributed by atoms with Crippen LogP contribution in [0.2, 0.25) is 0 Å². The fourth-order valence-electron chi connectivity index (χ4n) is 5.40. The molecule has 11 nitrogen and oxygen atoms in total. The highest BCUT2D eigenvalue weighted by atomic mass is 32.2. The summed E-state index contributed by atoms with van der Waals surface area (Å²) < 4.78 is 41.1. The second-order valence-corrected chi connectivity index (χ2v) is 13.1. The number of carbonyl (C=O) groups is 2. The van der Waals surface area contributed by atoms with E-state index >= 15 is 0 Å². The molecule has 1 aliphatic rings. The van der Waals surface area contributed by atoms with Crippen LogP contribution in [0, 0.1) is 5.92 Å². The zero-order chi connectivity index (χ0) is 33.0. The number of nitrogens with zero attached hydrogens (tertiary/aromatic N) is 2. The van der Waals surface area contributed by atoms with Crippen molar-refractivity contribution in [2.24, 2.45) is 5.92 Å². The van der Waals surface area contributed by atoms with Crippen LogP contribution in [-0.2, 0) is 10.0 Å². The van der Waals surface area contributed by atoms with Crippen LogP contribution in [0.25, 0.3) is 10.8 Å². The molecule has 1 heterocycles. The zero-order valence-corrected chi connectivity index (χ0v) is 27.0. The smallest absolute Gasteiger partial charge is 0.321 e. The van der Waals surface area contributed by atoms with Crippen LogP contribution in [0.15, 0.2) is 89.8 Å². The van der Waals surface area contributed by atoms with E-state index in [2.05, 4.69) is 10.0 Å². The lowest BCUT2D eigenvalue weighted by atomic mass is 9.99. The van der Waals surface area contributed by atoms with E-state index in [1.54, 1.807) is 31.0 Å². The number of fused-ring (bicyclic) bond motifs is 2. The number of nitrogens with one attached hydrogen (secondary N) is 2. The van der Waals surface area contributed by atoms with E-state index < -0.39 is 28.1 Å². The van der Waals surface area contributed by atoms with Crippen LogP contribution in [0.1, 0.15) is 24.2 Å². The van der Waals surface area contributed by atoms with Crippen molar-refractivity contribution in [3.05, 3.63) is 90.5 Å². The minimum atomic E-state index is -4.09. The van der Waals surface area contributed by atoms with E-state index in [9.17, 15) is 23.1 Å². The number of rotatable bonds is 9. The van der Waals surface area contributed by atoms with Crippen LogP contribution in [0.3, 0.4) is 0 Å². The SMILES string of the molecule is COc1ccc(S(=O)(=O)Nc2cccc3c2O[C@H](CN(C)C(=O)Nc2cccc4ccccc24)[C@H](C)CN([C@H](C)CO)C3=O)cc1. The van der Waals surface area contributed by atoms with Gasteiger partial charge in [0.2, 0.25) is 0 Å². The highest BCUT2D eigenvalue weighted by Crippen LogP contribution is 2.36. The molecule has 0 saturated heterocycles. The fourth-order valence-corrected chi connectivity index (χ4v) is 6.46. The molecule has 3 atom stereocenters. The highest BCUT2D eigenvalue weighted by molar-refractivity contribution is 7.92. The quantitative estimate of drug-likeness (QED) is 0.232. The fraction of sp³-hybridized carbons (Fsp3) is 0.294. The number of sulfonamides is 1. The predicted octanol–water partition coefficient (Wildman–Crippen LogP) is 5.03. The standard InChI is InChI=1S/C34H38N4O7S/c1-22-19-38(23(2)21-39)33(40)28-12-8-14-30(36-46(42,43)26-17-15-25(44-4)16-18-26)32(28)45-31(22)20-37(3)34(41)35-29-13-7-10-24-9-5-6-11-27(24)29/h5-18,22-23,31,36,39H,19-21H2,1-4H3,(H,35,41)/t22-,23-,31-/m1/s1. The monoisotopic (exact) mass is 646 g/mol. The van der Waals surface area contributed by atoms with Gasteiger partial charge in [-0.25, -0.2) is 13.2 Å². The van der Waals surface area contributed by atoms with Gasteiger partial charge in [-0.3, -0.25) is 9.52 Å². The zero-order valence-electron chi connectivity index (χ0n) is 26.1.